The van der Waals surface area contributed by atoms with Crippen LogP contribution < -0.4 is 14.2 Å². The van der Waals surface area contributed by atoms with E-state index in [1.807, 2.05) is 30.3 Å². The first kappa shape index (κ1) is 25.9. The summed E-state index contributed by atoms with van der Waals surface area (Å²) in [5, 5.41) is 5.49. The minimum absolute atomic E-state index is 0.177. The first-order valence-corrected chi connectivity index (χ1v) is 15.1. The summed E-state index contributed by atoms with van der Waals surface area (Å²) in [5.41, 5.74) is 3.87. The Bertz CT molecular complexity index is 1980. The molecule has 220 valence electrons. The van der Waals surface area contributed by atoms with Crippen molar-refractivity contribution in [2.24, 2.45) is 0 Å². The maximum Gasteiger partial charge on any atom is 0.144 e. The lowest BCUT2D eigenvalue weighted by Crippen LogP contribution is -2.03. The zero-order valence-electron chi connectivity index (χ0n) is 24.0. The molecule has 6 aromatic rings. The molecule has 0 aliphatic carbocycles. The summed E-state index contributed by atoms with van der Waals surface area (Å²) in [6.45, 7) is 3.95. The second-order valence-corrected chi connectivity index (χ2v) is 11.6. The highest BCUT2D eigenvalue weighted by molar-refractivity contribution is 6.28. The fourth-order valence-corrected chi connectivity index (χ4v) is 5.81. The predicted octanol–water partition coefficient (Wildman–Crippen LogP) is 7.41. The molecule has 0 bridgehead atoms. The molecule has 0 amide bonds. The third-order valence-corrected chi connectivity index (χ3v) is 8.40. The third-order valence-electron chi connectivity index (χ3n) is 8.40. The van der Waals surface area contributed by atoms with E-state index in [9.17, 15) is 0 Å². The Labute approximate surface area is 253 Å². The molecule has 44 heavy (non-hydrogen) atoms. The molecule has 0 spiro atoms. The van der Waals surface area contributed by atoms with E-state index in [2.05, 4.69) is 60.7 Å². The summed E-state index contributed by atoms with van der Waals surface area (Å²) >= 11 is 0. The molecular weight excluding hydrogens is 556 g/mol. The Balaban J connectivity index is 1.22. The van der Waals surface area contributed by atoms with E-state index >= 15 is 0 Å². The van der Waals surface area contributed by atoms with Gasteiger partial charge in [-0.2, -0.15) is 0 Å². The highest BCUT2D eigenvalue weighted by Crippen LogP contribution is 2.48. The Morgan fingerprint density at radius 2 is 1.02 bits per heavy atom. The second kappa shape index (κ2) is 10.6. The molecule has 7 nitrogen and oxygen atoms in total. The van der Waals surface area contributed by atoms with E-state index in [0.29, 0.717) is 19.8 Å². The van der Waals surface area contributed by atoms with E-state index in [1.165, 1.54) is 0 Å². The Hall–Kier alpha value is -4.56. The summed E-state index contributed by atoms with van der Waals surface area (Å²) in [6.07, 6.45) is 0.581. The van der Waals surface area contributed by atoms with Gasteiger partial charge in [0.15, 0.2) is 0 Å². The zero-order valence-corrected chi connectivity index (χ0v) is 24.0. The van der Waals surface area contributed by atoms with Crippen molar-refractivity contribution in [2.45, 2.75) is 18.3 Å². The number of benzene rings is 5. The molecule has 9 rings (SSSR count). The van der Waals surface area contributed by atoms with Crippen molar-refractivity contribution >= 4 is 32.5 Å². The van der Waals surface area contributed by atoms with E-state index in [0.717, 1.165) is 92.0 Å². The topological polar surface area (TPSA) is 78.4 Å². The normalized spacial score (nSPS) is 20.2. The van der Waals surface area contributed by atoms with Crippen LogP contribution in [0.5, 0.6) is 17.2 Å². The van der Waals surface area contributed by atoms with Gasteiger partial charge in [-0.25, -0.2) is 0 Å². The molecule has 4 heterocycles. The Morgan fingerprint density at radius 3 is 1.61 bits per heavy atom. The van der Waals surface area contributed by atoms with Gasteiger partial charge in [0.2, 0.25) is 0 Å². The Morgan fingerprint density at radius 1 is 0.523 bits per heavy atom. The van der Waals surface area contributed by atoms with Crippen molar-refractivity contribution in [2.75, 3.05) is 39.6 Å². The zero-order chi connectivity index (χ0) is 29.0. The van der Waals surface area contributed by atoms with E-state index in [-0.39, 0.29) is 18.3 Å². The monoisotopic (exact) mass is 586 g/mol. The smallest absolute Gasteiger partial charge is 0.144 e. The van der Waals surface area contributed by atoms with E-state index in [1.54, 1.807) is 0 Å². The van der Waals surface area contributed by atoms with Crippen molar-refractivity contribution < 1.29 is 32.8 Å². The van der Waals surface area contributed by atoms with Crippen LogP contribution in [0.3, 0.4) is 0 Å². The number of epoxide rings is 3. The van der Waals surface area contributed by atoms with Gasteiger partial charge < -0.3 is 32.8 Å². The summed E-state index contributed by atoms with van der Waals surface area (Å²) in [6, 6.07) is 31.2. The quantitative estimate of drug-likeness (QED) is 0.116. The Kier molecular flexibility index (Phi) is 6.21. The highest BCUT2D eigenvalue weighted by atomic mass is 16.6. The van der Waals surface area contributed by atoms with Gasteiger partial charge in [-0.1, -0.05) is 36.4 Å². The van der Waals surface area contributed by atoms with Gasteiger partial charge in [0, 0.05) is 21.9 Å². The van der Waals surface area contributed by atoms with E-state index < -0.39 is 0 Å². The first-order valence-electron chi connectivity index (χ1n) is 15.1. The van der Waals surface area contributed by atoms with Crippen LogP contribution in [0.15, 0.2) is 95.4 Å². The molecule has 3 atom stereocenters. The highest BCUT2D eigenvalue weighted by Gasteiger charge is 2.26. The molecule has 7 heteroatoms. The molecule has 0 N–H and O–H groups in total. The average Bonchev–Trinajstić information content (AvgIpc) is 3.94. The molecular formula is C37H30O7. The van der Waals surface area contributed by atoms with Gasteiger partial charge in [-0.15, -0.1) is 0 Å². The van der Waals surface area contributed by atoms with Gasteiger partial charge in [-0.05, 0) is 76.3 Å². The predicted molar refractivity (Wildman–Crippen MR) is 168 cm³/mol. The summed E-state index contributed by atoms with van der Waals surface area (Å²) < 4.78 is 40.9. The fourth-order valence-electron chi connectivity index (χ4n) is 5.81. The van der Waals surface area contributed by atoms with Gasteiger partial charge in [0.1, 0.15) is 66.7 Å². The number of hydrogen-bond acceptors (Lipinski definition) is 7. The summed E-state index contributed by atoms with van der Waals surface area (Å²) in [4.78, 5) is 0. The minimum atomic E-state index is 0.177. The number of rotatable bonds is 11. The van der Waals surface area contributed by atoms with Gasteiger partial charge in [0.05, 0.1) is 19.8 Å². The lowest BCUT2D eigenvalue weighted by atomic mass is 9.92. The lowest BCUT2D eigenvalue weighted by Gasteiger charge is -2.11. The maximum absolute atomic E-state index is 6.93. The van der Waals surface area contributed by atoms with Crippen LogP contribution in [0.2, 0.25) is 0 Å². The molecule has 5 aromatic carbocycles. The standard InChI is InChI=1S/C37H30O7/c1-2-4-32-30(3-1)31-14-13-26(40-18-29-21-43-29)15-33(31)37-35(32)34(22-5-9-24(10-6-22)38-16-27-19-41-27)36(44-37)23-7-11-25(12-8-23)39-17-28-20-42-28/h1-15,27-29H,16-21H2. The fraction of sp³-hybridized carbons (Fsp3) is 0.243. The van der Waals surface area contributed by atoms with Crippen LogP contribution in [0.25, 0.3) is 55.0 Å². The molecule has 0 radical (unpaired) electrons. The summed E-state index contributed by atoms with van der Waals surface area (Å²) in [7, 11) is 0. The molecule has 0 saturated carbocycles. The van der Waals surface area contributed by atoms with Gasteiger partial charge in [-0.3, -0.25) is 0 Å². The average molecular weight is 587 g/mol. The van der Waals surface area contributed by atoms with E-state index in [4.69, 9.17) is 32.8 Å². The van der Waals surface area contributed by atoms with Crippen LogP contribution >= 0.6 is 0 Å². The van der Waals surface area contributed by atoms with Crippen molar-refractivity contribution in [3.05, 3.63) is 91.0 Å². The van der Waals surface area contributed by atoms with Crippen molar-refractivity contribution in [1.29, 1.82) is 0 Å². The summed E-state index contributed by atoms with van der Waals surface area (Å²) in [5.74, 6) is 3.22. The first-order chi connectivity index (χ1) is 21.8. The lowest BCUT2D eigenvalue weighted by molar-refractivity contribution is 0.263. The molecule has 3 aliphatic rings. The van der Waals surface area contributed by atoms with Crippen molar-refractivity contribution in [3.63, 3.8) is 0 Å². The van der Waals surface area contributed by atoms with Crippen LogP contribution in [0.4, 0.5) is 0 Å². The van der Waals surface area contributed by atoms with Crippen molar-refractivity contribution in [3.8, 4) is 39.7 Å². The largest absolute Gasteiger partial charge is 0.491 e. The number of ether oxygens (including phenoxy) is 6. The van der Waals surface area contributed by atoms with Crippen LogP contribution in [-0.2, 0) is 14.2 Å². The SMILES string of the molecule is c1ccc2c(c1)c1ccc(OCC3CO3)cc1c1oc(-c3ccc(OCC4CO4)cc3)c(-c3ccc(OCC4CO4)cc3)c21. The number of furan rings is 1. The second-order valence-electron chi connectivity index (χ2n) is 11.6. The molecule has 3 aliphatic heterocycles. The van der Waals surface area contributed by atoms with Crippen LogP contribution in [0, 0.1) is 0 Å². The molecule has 3 saturated heterocycles. The molecule has 3 fully saturated rings. The molecule has 3 unspecified atom stereocenters. The van der Waals surface area contributed by atoms with Crippen LogP contribution in [-0.4, -0.2) is 58.0 Å². The minimum Gasteiger partial charge on any atom is -0.491 e. The number of fused-ring (bicyclic) bond motifs is 6. The van der Waals surface area contributed by atoms with Gasteiger partial charge >= 0.3 is 0 Å². The molecule has 1 aromatic heterocycles. The van der Waals surface area contributed by atoms with Gasteiger partial charge in [0.25, 0.3) is 0 Å². The maximum atomic E-state index is 6.93. The number of hydrogen-bond donors (Lipinski definition) is 0. The van der Waals surface area contributed by atoms with Crippen molar-refractivity contribution in [1.82, 2.24) is 0 Å². The third kappa shape index (κ3) is 5.03. The van der Waals surface area contributed by atoms with Crippen LogP contribution in [0.1, 0.15) is 0 Å².